The maximum Gasteiger partial charge on any atom is 0.310 e. The average Bonchev–Trinajstić information content (AvgIpc) is 2.17. The zero-order chi connectivity index (χ0) is 10.7. The summed E-state index contributed by atoms with van der Waals surface area (Å²) in [5.74, 6) is 0.543. The van der Waals surface area contributed by atoms with Crippen LogP contribution < -0.4 is 5.43 Å². The molecule has 0 unspecified atom stereocenters. The van der Waals surface area contributed by atoms with Crippen LogP contribution in [0.15, 0.2) is 6.07 Å². The summed E-state index contributed by atoms with van der Waals surface area (Å²) in [6.07, 6.45) is 2.96. The summed E-state index contributed by atoms with van der Waals surface area (Å²) in [5, 5.41) is 2.07. The Balaban J connectivity index is 2.02. The van der Waals surface area contributed by atoms with Gasteiger partial charge in [0, 0.05) is 24.8 Å². The number of hydrazine groups is 1. The molecule has 0 radical (unpaired) electrons. The van der Waals surface area contributed by atoms with Crippen LogP contribution in [0.4, 0.5) is 10.2 Å². The standard InChI is InChI=1S/C10H15FN4/c1-8-7-9(13-10(11)12-8)14-15-5-3-2-4-6-15/h7H,2-6H2,1H3,(H,12,13,14). The molecule has 2 rings (SSSR count). The van der Waals surface area contributed by atoms with Crippen molar-refractivity contribution >= 4 is 5.82 Å². The van der Waals surface area contributed by atoms with Gasteiger partial charge in [0.25, 0.3) is 0 Å². The highest BCUT2D eigenvalue weighted by Gasteiger charge is 2.10. The quantitative estimate of drug-likeness (QED) is 0.755. The number of nitrogens with one attached hydrogen (secondary N) is 1. The van der Waals surface area contributed by atoms with Crippen LogP contribution in [0.1, 0.15) is 25.0 Å². The minimum absolute atomic E-state index is 0.543. The number of aryl methyl sites for hydroxylation is 1. The molecule has 1 fully saturated rings. The second-order valence-electron chi connectivity index (χ2n) is 3.82. The van der Waals surface area contributed by atoms with Gasteiger partial charge in [-0.25, -0.2) is 9.99 Å². The van der Waals surface area contributed by atoms with Crippen molar-refractivity contribution in [1.82, 2.24) is 15.0 Å². The minimum Gasteiger partial charge on any atom is -0.303 e. The highest BCUT2D eigenvalue weighted by molar-refractivity contribution is 5.33. The van der Waals surface area contributed by atoms with E-state index in [2.05, 4.69) is 20.4 Å². The Hall–Kier alpha value is -1.23. The number of hydrogen-bond acceptors (Lipinski definition) is 4. The van der Waals surface area contributed by atoms with Gasteiger partial charge in [-0.1, -0.05) is 6.42 Å². The molecule has 1 aliphatic heterocycles. The highest BCUT2D eigenvalue weighted by Crippen LogP contribution is 2.11. The molecule has 1 N–H and O–H groups in total. The van der Waals surface area contributed by atoms with E-state index in [1.54, 1.807) is 13.0 Å². The molecule has 1 aromatic rings. The largest absolute Gasteiger partial charge is 0.310 e. The number of rotatable bonds is 2. The summed E-state index contributed by atoms with van der Waals surface area (Å²) in [5.41, 5.74) is 3.75. The van der Waals surface area contributed by atoms with E-state index in [9.17, 15) is 4.39 Å². The lowest BCUT2D eigenvalue weighted by molar-refractivity contribution is 0.271. The van der Waals surface area contributed by atoms with Gasteiger partial charge in [-0.05, 0) is 19.8 Å². The minimum atomic E-state index is -0.672. The fourth-order valence-electron chi connectivity index (χ4n) is 1.76. The van der Waals surface area contributed by atoms with Gasteiger partial charge in [-0.3, -0.25) is 0 Å². The maximum atomic E-state index is 12.9. The van der Waals surface area contributed by atoms with Crippen molar-refractivity contribution in [3.8, 4) is 0 Å². The van der Waals surface area contributed by atoms with Crippen molar-refractivity contribution in [2.45, 2.75) is 26.2 Å². The van der Waals surface area contributed by atoms with Gasteiger partial charge in [-0.15, -0.1) is 0 Å². The summed E-state index contributed by atoms with van der Waals surface area (Å²) in [7, 11) is 0. The highest BCUT2D eigenvalue weighted by atomic mass is 19.1. The van der Waals surface area contributed by atoms with Gasteiger partial charge in [0.05, 0.1) is 0 Å². The molecule has 4 nitrogen and oxygen atoms in total. The van der Waals surface area contributed by atoms with Crippen molar-refractivity contribution in [3.63, 3.8) is 0 Å². The summed E-state index contributed by atoms with van der Waals surface area (Å²) in [6, 6.07) is 1.75. The average molecular weight is 210 g/mol. The Morgan fingerprint density at radius 3 is 2.67 bits per heavy atom. The second kappa shape index (κ2) is 4.53. The van der Waals surface area contributed by atoms with Gasteiger partial charge in [0.1, 0.15) is 5.82 Å². The van der Waals surface area contributed by atoms with Crippen LogP contribution in [0.3, 0.4) is 0 Å². The molecule has 0 aromatic carbocycles. The molecular formula is C10H15FN4. The van der Waals surface area contributed by atoms with Crippen LogP contribution in [0, 0.1) is 13.0 Å². The molecule has 0 aliphatic carbocycles. The number of hydrogen-bond donors (Lipinski definition) is 1. The molecule has 15 heavy (non-hydrogen) atoms. The van der Waals surface area contributed by atoms with E-state index >= 15 is 0 Å². The molecule has 0 atom stereocenters. The molecule has 1 aromatic heterocycles. The van der Waals surface area contributed by atoms with Gasteiger partial charge < -0.3 is 5.43 Å². The topological polar surface area (TPSA) is 41.0 Å². The summed E-state index contributed by atoms with van der Waals surface area (Å²) in [4.78, 5) is 7.29. The predicted octanol–water partition coefficient (Wildman–Crippen LogP) is 1.74. The van der Waals surface area contributed by atoms with Crippen molar-refractivity contribution in [1.29, 1.82) is 0 Å². The Kier molecular flexibility index (Phi) is 3.11. The first-order chi connectivity index (χ1) is 7.24. The molecule has 1 aliphatic rings. The van der Waals surface area contributed by atoms with E-state index in [0.29, 0.717) is 11.5 Å². The summed E-state index contributed by atoms with van der Waals surface area (Å²) >= 11 is 0. The lowest BCUT2D eigenvalue weighted by atomic mass is 10.2. The molecule has 0 spiro atoms. The van der Waals surface area contributed by atoms with Crippen molar-refractivity contribution in [3.05, 3.63) is 17.8 Å². The second-order valence-corrected chi connectivity index (χ2v) is 3.82. The van der Waals surface area contributed by atoms with Crippen LogP contribution >= 0.6 is 0 Å². The summed E-state index contributed by atoms with van der Waals surface area (Å²) < 4.78 is 12.9. The third kappa shape index (κ3) is 2.86. The SMILES string of the molecule is Cc1cc(NN2CCCCC2)nc(F)n1. The van der Waals surface area contributed by atoms with Crippen LogP contribution in [-0.2, 0) is 0 Å². The van der Waals surface area contributed by atoms with Gasteiger partial charge in [0.15, 0.2) is 0 Å². The summed E-state index contributed by atoms with van der Waals surface area (Å²) in [6.45, 7) is 3.74. The maximum absolute atomic E-state index is 12.9. The van der Waals surface area contributed by atoms with E-state index in [0.717, 1.165) is 13.1 Å². The third-order valence-corrected chi connectivity index (χ3v) is 2.46. The third-order valence-electron chi connectivity index (χ3n) is 2.46. The molecule has 82 valence electrons. The van der Waals surface area contributed by atoms with Gasteiger partial charge >= 0.3 is 6.08 Å². The molecule has 0 saturated carbocycles. The van der Waals surface area contributed by atoms with E-state index < -0.39 is 6.08 Å². The first-order valence-electron chi connectivity index (χ1n) is 5.27. The van der Waals surface area contributed by atoms with E-state index in [1.165, 1.54) is 19.3 Å². The van der Waals surface area contributed by atoms with Crippen LogP contribution in [0.2, 0.25) is 0 Å². The predicted molar refractivity (Wildman–Crippen MR) is 55.8 cm³/mol. The van der Waals surface area contributed by atoms with Crippen molar-refractivity contribution in [2.75, 3.05) is 18.5 Å². The fraction of sp³-hybridized carbons (Fsp3) is 0.600. The number of anilines is 1. The molecule has 5 heteroatoms. The lowest BCUT2D eigenvalue weighted by Gasteiger charge is -2.27. The van der Waals surface area contributed by atoms with Crippen LogP contribution in [-0.4, -0.2) is 28.1 Å². The Labute approximate surface area is 88.5 Å². The molecular weight excluding hydrogens is 195 g/mol. The zero-order valence-corrected chi connectivity index (χ0v) is 8.83. The monoisotopic (exact) mass is 210 g/mol. The van der Waals surface area contributed by atoms with Gasteiger partial charge in [0.2, 0.25) is 0 Å². The van der Waals surface area contributed by atoms with E-state index in [4.69, 9.17) is 0 Å². The zero-order valence-electron chi connectivity index (χ0n) is 8.83. The Morgan fingerprint density at radius 1 is 1.27 bits per heavy atom. The molecule has 2 heterocycles. The van der Waals surface area contributed by atoms with Crippen LogP contribution in [0.5, 0.6) is 0 Å². The first-order valence-corrected chi connectivity index (χ1v) is 5.27. The molecule has 0 bridgehead atoms. The van der Waals surface area contributed by atoms with Crippen LogP contribution in [0.25, 0.3) is 0 Å². The fourth-order valence-corrected chi connectivity index (χ4v) is 1.76. The van der Waals surface area contributed by atoms with Crippen molar-refractivity contribution < 1.29 is 4.39 Å². The lowest BCUT2D eigenvalue weighted by Crippen LogP contribution is -2.35. The Morgan fingerprint density at radius 2 is 2.00 bits per heavy atom. The molecule has 1 saturated heterocycles. The van der Waals surface area contributed by atoms with E-state index in [-0.39, 0.29) is 0 Å². The van der Waals surface area contributed by atoms with E-state index in [1.807, 2.05) is 0 Å². The Bertz CT molecular complexity index is 316. The number of nitrogens with zero attached hydrogens (tertiary/aromatic N) is 3. The first kappa shape index (κ1) is 10.3. The molecule has 0 amide bonds. The smallest absolute Gasteiger partial charge is 0.303 e. The van der Waals surface area contributed by atoms with Crippen molar-refractivity contribution in [2.24, 2.45) is 0 Å². The number of halogens is 1. The van der Waals surface area contributed by atoms with Gasteiger partial charge in [-0.2, -0.15) is 9.37 Å². The normalized spacial score (nSPS) is 17.7. The number of aromatic nitrogens is 2. The number of piperidine rings is 1.